The molecule has 0 spiro atoms. The van der Waals surface area contributed by atoms with Crippen LogP contribution in [0.15, 0.2) is 18.2 Å². The molecule has 1 aliphatic carbocycles. The fourth-order valence-corrected chi connectivity index (χ4v) is 5.29. The quantitative estimate of drug-likeness (QED) is 0.136. The molecule has 1 aliphatic rings. The van der Waals surface area contributed by atoms with Crippen molar-refractivity contribution >= 4 is 39.9 Å². The number of carbonyl (C=O) groups is 1. The predicted octanol–water partition coefficient (Wildman–Crippen LogP) is 7.28. The summed E-state index contributed by atoms with van der Waals surface area (Å²) in [6.07, 6.45) is 12.8. The van der Waals surface area contributed by atoms with E-state index >= 15 is 0 Å². The van der Waals surface area contributed by atoms with E-state index in [1.54, 1.807) is 5.06 Å². The van der Waals surface area contributed by atoms with E-state index in [9.17, 15) is 4.79 Å². The fraction of sp³-hybridized carbons (Fsp3) is 0.667. The lowest BCUT2D eigenvalue weighted by atomic mass is 9.91. The van der Waals surface area contributed by atoms with Crippen molar-refractivity contribution in [3.8, 4) is 0 Å². The van der Waals surface area contributed by atoms with Crippen LogP contribution < -0.4 is 10.6 Å². The highest BCUT2D eigenvalue weighted by atomic mass is 32.1. The van der Waals surface area contributed by atoms with E-state index in [2.05, 4.69) is 55.4 Å². The van der Waals surface area contributed by atoms with Crippen LogP contribution in [-0.4, -0.2) is 40.3 Å². The molecule has 0 bridgehead atoms. The van der Waals surface area contributed by atoms with Gasteiger partial charge in [0.2, 0.25) is 5.11 Å². The van der Waals surface area contributed by atoms with Crippen LogP contribution >= 0.6 is 12.2 Å². The molecule has 6 nitrogen and oxygen atoms in total. The number of benzene rings is 1. The number of H-pyrrole nitrogens is 1. The van der Waals surface area contributed by atoms with Crippen LogP contribution in [0.1, 0.15) is 103 Å². The summed E-state index contributed by atoms with van der Waals surface area (Å²) in [7, 11) is 0. The summed E-state index contributed by atoms with van der Waals surface area (Å²) in [5.41, 5.74) is 4.84. The molecule has 3 rings (SSSR count). The molecule has 0 radical (unpaired) electrons. The zero-order valence-electron chi connectivity index (χ0n) is 23.5. The minimum absolute atomic E-state index is 0.207. The number of aryl methyl sites for hydroxylation is 1. The van der Waals surface area contributed by atoms with Crippen molar-refractivity contribution in [1.29, 1.82) is 0 Å². The lowest BCUT2D eigenvalue weighted by Crippen LogP contribution is -2.37. The Balaban J connectivity index is 1.56. The van der Waals surface area contributed by atoms with Gasteiger partial charge in [0.05, 0.1) is 6.54 Å². The summed E-state index contributed by atoms with van der Waals surface area (Å²) in [5.74, 6) is 0.443. The first-order valence-electron chi connectivity index (χ1n) is 14.6. The van der Waals surface area contributed by atoms with Gasteiger partial charge in [-0.25, -0.2) is 4.79 Å². The average Bonchev–Trinajstić information content (AvgIpc) is 3.24. The number of nitrogens with one attached hydrogen (secondary N) is 3. The zero-order chi connectivity index (χ0) is 26.6. The Morgan fingerprint density at radius 3 is 2.62 bits per heavy atom. The Labute approximate surface area is 229 Å². The van der Waals surface area contributed by atoms with Crippen molar-refractivity contribution in [3.63, 3.8) is 0 Å². The lowest BCUT2D eigenvalue weighted by Gasteiger charge is -2.25. The van der Waals surface area contributed by atoms with Crippen molar-refractivity contribution in [2.75, 3.05) is 18.4 Å². The molecule has 1 atom stereocenters. The van der Waals surface area contributed by atoms with Crippen LogP contribution in [-0.2, 0) is 22.5 Å². The third-order valence-electron chi connectivity index (χ3n) is 7.10. The van der Waals surface area contributed by atoms with Gasteiger partial charge in [-0.15, -0.1) is 0 Å². The molecule has 0 aliphatic heterocycles. The van der Waals surface area contributed by atoms with Gasteiger partial charge in [-0.2, -0.15) is 5.06 Å². The van der Waals surface area contributed by atoms with Crippen LogP contribution in [0.4, 0.5) is 5.69 Å². The van der Waals surface area contributed by atoms with Crippen LogP contribution in [0, 0.1) is 5.92 Å². The number of rotatable bonds is 14. The Morgan fingerprint density at radius 1 is 1.14 bits per heavy atom. The molecule has 3 N–H and O–H groups in total. The molecular weight excluding hydrogens is 480 g/mol. The van der Waals surface area contributed by atoms with E-state index in [0.29, 0.717) is 30.0 Å². The van der Waals surface area contributed by atoms with Gasteiger partial charge in [-0.1, -0.05) is 66.2 Å². The van der Waals surface area contributed by atoms with E-state index in [0.717, 1.165) is 56.3 Å². The molecule has 37 heavy (non-hydrogen) atoms. The summed E-state index contributed by atoms with van der Waals surface area (Å²) in [6.45, 7) is 10.4. The van der Waals surface area contributed by atoms with Gasteiger partial charge < -0.3 is 20.5 Å². The first kappa shape index (κ1) is 29.4. The van der Waals surface area contributed by atoms with Gasteiger partial charge >= 0.3 is 5.97 Å². The molecule has 7 heteroatoms. The highest BCUT2D eigenvalue weighted by molar-refractivity contribution is 7.80. The van der Waals surface area contributed by atoms with E-state index in [1.807, 2.05) is 6.07 Å². The normalized spacial score (nSPS) is 15.1. The maximum absolute atomic E-state index is 12.5. The number of anilines is 1. The van der Waals surface area contributed by atoms with E-state index in [-0.39, 0.29) is 5.97 Å². The van der Waals surface area contributed by atoms with Gasteiger partial charge in [0.15, 0.2) is 0 Å². The van der Waals surface area contributed by atoms with Crippen molar-refractivity contribution in [2.24, 2.45) is 5.92 Å². The SMILES string of the molecule is CCCCCCCCCC(=O)ON(CCC)C(=S)Nc1ccc2[nH]c3c(c2c1)CC(NCC(C)C)CC3. The predicted molar refractivity (Wildman–Crippen MR) is 159 cm³/mol. The topological polar surface area (TPSA) is 69.4 Å². The standard InChI is InChI=1S/C30H48N4O2S/c1-5-7-8-9-10-11-12-13-29(35)36-34(18-6-2)30(37)32-24-15-17-28-26(20-24)25-19-23(31-21-22(3)4)14-16-27(25)33-28/h15,17,20,22-23,31,33H,5-14,16,18-19,21H2,1-4H3,(H,32,37). The Kier molecular flexibility index (Phi) is 12.2. The number of unbranched alkanes of at least 4 members (excludes halogenated alkanes) is 6. The summed E-state index contributed by atoms with van der Waals surface area (Å²) >= 11 is 5.66. The highest BCUT2D eigenvalue weighted by Crippen LogP contribution is 2.31. The Bertz CT molecular complexity index is 1000. The molecular formula is C30H48N4O2S. The second-order valence-electron chi connectivity index (χ2n) is 11.0. The van der Waals surface area contributed by atoms with Crippen LogP contribution in [0.25, 0.3) is 10.9 Å². The molecule has 0 saturated heterocycles. The summed E-state index contributed by atoms with van der Waals surface area (Å²) in [4.78, 5) is 21.8. The number of hydrogen-bond acceptors (Lipinski definition) is 4. The largest absolute Gasteiger partial charge is 0.358 e. The summed E-state index contributed by atoms with van der Waals surface area (Å²) < 4.78 is 0. The molecule has 0 saturated carbocycles. The van der Waals surface area contributed by atoms with Gasteiger partial charge in [-0.05, 0) is 80.5 Å². The second-order valence-corrected chi connectivity index (χ2v) is 11.3. The van der Waals surface area contributed by atoms with Crippen molar-refractivity contribution in [1.82, 2.24) is 15.4 Å². The molecule has 206 valence electrons. The number of nitrogens with zero attached hydrogens (tertiary/aromatic N) is 1. The molecule has 1 unspecified atom stereocenters. The third-order valence-corrected chi connectivity index (χ3v) is 7.41. The second kappa shape index (κ2) is 15.3. The number of hydrogen-bond donors (Lipinski definition) is 3. The summed E-state index contributed by atoms with van der Waals surface area (Å²) in [5, 5.41) is 10.3. The molecule has 2 aromatic rings. The number of fused-ring (bicyclic) bond motifs is 3. The zero-order valence-corrected chi connectivity index (χ0v) is 24.3. The molecule has 0 fully saturated rings. The number of hydroxylamine groups is 2. The molecule has 1 heterocycles. The van der Waals surface area contributed by atoms with Gasteiger partial charge in [0, 0.05) is 34.7 Å². The van der Waals surface area contributed by atoms with E-state index < -0.39 is 0 Å². The van der Waals surface area contributed by atoms with Crippen molar-refractivity contribution < 1.29 is 9.63 Å². The van der Waals surface area contributed by atoms with E-state index in [4.69, 9.17) is 17.1 Å². The number of thiocarbonyl (C=S) groups is 1. The number of aromatic amines is 1. The number of carbonyl (C=O) groups excluding carboxylic acids is 1. The lowest BCUT2D eigenvalue weighted by molar-refractivity contribution is -0.172. The first-order valence-corrected chi connectivity index (χ1v) is 15.0. The van der Waals surface area contributed by atoms with Gasteiger partial charge in [-0.3, -0.25) is 0 Å². The summed E-state index contributed by atoms with van der Waals surface area (Å²) in [6, 6.07) is 6.84. The first-order chi connectivity index (χ1) is 17.9. The van der Waals surface area contributed by atoms with Crippen LogP contribution in [0.5, 0.6) is 0 Å². The Morgan fingerprint density at radius 2 is 1.89 bits per heavy atom. The van der Waals surface area contributed by atoms with Gasteiger partial charge in [0.1, 0.15) is 0 Å². The van der Waals surface area contributed by atoms with E-state index in [1.165, 1.54) is 48.7 Å². The Hall–Kier alpha value is -2.12. The number of aromatic nitrogens is 1. The van der Waals surface area contributed by atoms with Gasteiger partial charge in [0.25, 0.3) is 0 Å². The van der Waals surface area contributed by atoms with Crippen LogP contribution in [0.3, 0.4) is 0 Å². The van der Waals surface area contributed by atoms with Crippen molar-refractivity contribution in [3.05, 3.63) is 29.5 Å². The highest BCUT2D eigenvalue weighted by Gasteiger charge is 2.23. The smallest absolute Gasteiger partial charge is 0.332 e. The monoisotopic (exact) mass is 528 g/mol. The fourth-order valence-electron chi connectivity index (χ4n) is 5.04. The van der Waals surface area contributed by atoms with Crippen LogP contribution in [0.2, 0.25) is 0 Å². The third kappa shape index (κ3) is 9.29. The molecule has 1 aromatic carbocycles. The maximum Gasteiger partial charge on any atom is 0.332 e. The minimum atomic E-state index is -0.207. The minimum Gasteiger partial charge on any atom is -0.358 e. The van der Waals surface area contributed by atoms with Crippen molar-refractivity contribution in [2.45, 2.75) is 111 Å². The molecule has 1 aromatic heterocycles. The average molecular weight is 529 g/mol. The molecule has 0 amide bonds. The maximum atomic E-state index is 12.5.